The fraction of sp³-hybridized carbons (Fsp3) is 0.357. The lowest BCUT2D eigenvalue weighted by molar-refractivity contribution is 0.172. The number of aromatic nitrogens is 1. The highest BCUT2D eigenvalue weighted by molar-refractivity contribution is 5.95. The van der Waals surface area contributed by atoms with Crippen molar-refractivity contribution >= 4 is 16.6 Å². The third kappa shape index (κ3) is 1.69. The second kappa shape index (κ2) is 3.99. The van der Waals surface area contributed by atoms with E-state index in [0.29, 0.717) is 13.2 Å². The first-order valence-electron chi connectivity index (χ1n) is 6.50. The lowest BCUT2D eigenvalue weighted by atomic mass is 10.1. The van der Waals surface area contributed by atoms with Crippen LogP contribution < -0.4 is 20.1 Å². The Hall–Kier alpha value is -2.01. The third-order valence-corrected chi connectivity index (χ3v) is 3.62. The zero-order chi connectivity index (χ0) is 12.8. The number of anilines is 1. The zero-order valence-electron chi connectivity index (χ0n) is 10.5. The Morgan fingerprint density at radius 3 is 2.63 bits per heavy atom. The minimum absolute atomic E-state index is 0.259. The van der Waals surface area contributed by atoms with E-state index in [1.807, 2.05) is 24.4 Å². The van der Waals surface area contributed by atoms with E-state index in [9.17, 15) is 0 Å². The highest BCUT2D eigenvalue weighted by Gasteiger charge is 2.26. The molecular weight excluding hydrogens is 242 g/mol. The van der Waals surface area contributed by atoms with Crippen molar-refractivity contribution < 1.29 is 9.47 Å². The molecule has 1 fully saturated rings. The van der Waals surface area contributed by atoms with Crippen LogP contribution in [0.25, 0.3) is 10.8 Å². The van der Waals surface area contributed by atoms with Crippen LogP contribution in [-0.2, 0) is 0 Å². The summed E-state index contributed by atoms with van der Waals surface area (Å²) >= 11 is 0. The third-order valence-electron chi connectivity index (χ3n) is 3.62. The normalized spacial score (nSPS) is 18.5. The van der Waals surface area contributed by atoms with Gasteiger partial charge in [-0.3, -0.25) is 0 Å². The number of benzene rings is 1. The maximum absolute atomic E-state index is 5.85. The van der Waals surface area contributed by atoms with Crippen molar-refractivity contribution in [3.63, 3.8) is 0 Å². The van der Waals surface area contributed by atoms with Gasteiger partial charge in [-0.05, 0) is 23.6 Å². The standard InChI is InChI=1S/C14H15N3O2/c15-10-7-17(8-10)14-11-6-13-12(18-3-4-19-13)5-9(11)1-2-16-14/h1-2,5-6,10H,3-4,7-8,15H2. The molecule has 0 atom stereocenters. The number of hydrogen-bond donors (Lipinski definition) is 1. The molecule has 5 heteroatoms. The highest BCUT2D eigenvalue weighted by atomic mass is 16.6. The molecule has 0 unspecified atom stereocenters. The van der Waals surface area contributed by atoms with Gasteiger partial charge >= 0.3 is 0 Å². The maximum atomic E-state index is 5.85. The lowest BCUT2D eigenvalue weighted by Gasteiger charge is -2.38. The Morgan fingerprint density at radius 2 is 1.89 bits per heavy atom. The largest absolute Gasteiger partial charge is 0.486 e. The summed E-state index contributed by atoms with van der Waals surface area (Å²) in [6, 6.07) is 6.30. The number of pyridine rings is 1. The molecule has 0 bridgehead atoms. The molecule has 2 aromatic rings. The molecule has 1 aromatic carbocycles. The predicted molar refractivity (Wildman–Crippen MR) is 72.9 cm³/mol. The second-order valence-electron chi connectivity index (χ2n) is 5.02. The van der Waals surface area contributed by atoms with Crippen LogP contribution in [0.5, 0.6) is 11.5 Å². The molecular formula is C14H15N3O2. The summed E-state index contributed by atoms with van der Waals surface area (Å²) in [5, 5.41) is 2.22. The van der Waals surface area contributed by atoms with Crippen LogP contribution in [0.3, 0.4) is 0 Å². The van der Waals surface area contributed by atoms with Gasteiger partial charge in [0.25, 0.3) is 0 Å². The van der Waals surface area contributed by atoms with E-state index in [2.05, 4.69) is 9.88 Å². The van der Waals surface area contributed by atoms with Crippen LogP contribution in [0.1, 0.15) is 0 Å². The number of nitrogens with two attached hydrogens (primary N) is 1. The van der Waals surface area contributed by atoms with Crippen LogP contribution in [0.2, 0.25) is 0 Å². The topological polar surface area (TPSA) is 60.6 Å². The molecule has 19 heavy (non-hydrogen) atoms. The van der Waals surface area contributed by atoms with Crippen LogP contribution in [-0.4, -0.2) is 37.3 Å². The van der Waals surface area contributed by atoms with Crippen molar-refractivity contribution in [2.45, 2.75) is 6.04 Å². The molecule has 0 saturated carbocycles. The summed E-state index contributed by atoms with van der Waals surface area (Å²) in [6.45, 7) is 2.93. The molecule has 1 saturated heterocycles. The fourth-order valence-corrected chi connectivity index (χ4v) is 2.63. The van der Waals surface area contributed by atoms with Crippen molar-refractivity contribution in [2.24, 2.45) is 5.73 Å². The Balaban J connectivity index is 1.85. The molecule has 5 nitrogen and oxygen atoms in total. The summed E-state index contributed by atoms with van der Waals surface area (Å²) in [6.07, 6.45) is 1.83. The molecule has 4 rings (SSSR count). The van der Waals surface area contributed by atoms with Crippen molar-refractivity contribution in [3.05, 3.63) is 24.4 Å². The lowest BCUT2D eigenvalue weighted by Crippen LogP contribution is -2.56. The van der Waals surface area contributed by atoms with E-state index in [1.54, 1.807) is 0 Å². The number of ether oxygens (including phenoxy) is 2. The van der Waals surface area contributed by atoms with Gasteiger partial charge in [-0.15, -0.1) is 0 Å². The van der Waals surface area contributed by atoms with Gasteiger partial charge in [0.05, 0.1) is 0 Å². The van der Waals surface area contributed by atoms with Crippen molar-refractivity contribution in [1.82, 2.24) is 4.98 Å². The van der Waals surface area contributed by atoms with Gasteiger partial charge in [-0.2, -0.15) is 0 Å². The summed E-state index contributed by atoms with van der Waals surface area (Å²) in [7, 11) is 0. The van der Waals surface area contributed by atoms with Crippen LogP contribution in [0, 0.1) is 0 Å². The fourth-order valence-electron chi connectivity index (χ4n) is 2.63. The SMILES string of the molecule is NC1CN(c2nccc3cc4c(cc23)OCCO4)C1. The van der Waals surface area contributed by atoms with E-state index in [0.717, 1.165) is 41.2 Å². The van der Waals surface area contributed by atoms with Gasteiger partial charge in [0, 0.05) is 30.7 Å². The molecule has 2 aliphatic rings. The van der Waals surface area contributed by atoms with E-state index < -0.39 is 0 Å². The minimum atomic E-state index is 0.259. The number of hydrogen-bond acceptors (Lipinski definition) is 5. The van der Waals surface area contributed by atoms with E-state index in [4.69, 9.17) is 15.2 Å². The predicted octanol–water partition coefficient (Wildman–Crippen LogP) is 1.15. The van der Waals surface area contributed by atoms with Crippen molar-refractivity contribution in [2.75, 3.05) is 31.2 Å². The highest BCUT2D eigenvalue weighted by Crippen LogP contribution is 2.38. The smallest absolute Gasteiger partial charge is 0.162 e. The molecule has 0 amide bonds. The quantitative estimate of drug-likeness (QED) is 0.830. The Kier molecular flexibility index (Phi) is 2.29. The van der Waals surface area contributed by atoms with Gasteiger partial charge in [0.15, 0.2) is 11.5 Å². The van der Waals surface area contributed by atoms with Crippen molar-refractivity contribution in [3.8, 4) is 11.5 Å². The average molecular weight is 257 g/mol. The second-order valence-corrected chi connectivity index (χ2v) is 5.02. The van der Waals surface area contributed by atoms with Gasteiger partial charge in [-0.1, -0.05) is 0 Å². The Labute approximate surface area is 110 Å². The first-order chi connectivity index (χ1) is 9.31. The van der Waals surface area contributed by atoms with Gasteiger partial charge in [0.2, 0.25) is 0 Å². The number of nitrogens with zero attached hydrogens (tertiary/aromatic N) is 2. The van der Waals surface area contributed by atoms with E-state index in [1.165, 1.54) is 0 Å². The maximum Gasteiger partial charge on any atom is 0.162 e. The van der Waals surface area contributed by atoms with Gasteiger partial charge in [0.1, 0.15) is 19.0 Å². The molecule has 0 aliphatic carbocycles. The number of fused-ring (bicyclic) bond motifs is 2. The van der Waals surface area contributed by atoms with E-state index >= 15 is 0 Å². The first kappa shape index (κ1) is 10.9. The van der Waals surface area contributed by atoms with Gasteiger partial charge < -0.3 is 20.1 Å². The van der Waals surface area contributed by atoms with E-state index in [-0.39, 0.29) is 6.04 Å². The molecule has 3 heterocycles. The zero-order valence-corrected chi connectivity index (χ0v) is 10.5. The molecule has 98 valence electrons. The Morgan fingerprint density at radius 1 is 1.16 bits per heavy atom. The molecule has 0 spiro atoms. The summed E-state index contributed by atoms with van der Waals surface area (Å²) in [5.41, 5.74) is 5.85. The Bertz CT molecular complexity index is 638. The summed E-state index contributed by atoms with van der Waals surface area (Å²) in [5.74, 6) is 2.60. The summed E-state index contributed by atoms with van der Waals surface area (Å²) < 4.78 is 11.3. The minimum Gasteiger partial charge on any atom is -0.486 e. The number of rotatable bonds is 1. The van der Waals surface area contributed by atoms with Crippen LogP contribution >= 0.6 is 0 Å². The molecule has 0 radical (unpaired) electrons. The monoisotopic (exact) mass is 257 g/mol. The summed E-state index contributed by atoms with van der Waals surface area (Å²) in [4.78, 5) is 6.68. The average Bonchev–Trinajstić information content (AvgIpc) is 2.41. The molecule has 2 N–H and O–H groups in total. The molecule has 2 aliphatic heterocycles. The van der Waals surface area contributed by atoms with Crippen LogP contribution in [0.15, 0.2) is 24.4 Å². The first-order valence-corrected chi connectivity index (χ1v) is 6.50. The molecule has 1 aromatic heterocycles. The van der Waals surface area contributed by atoms with Gasteiger partial charge in [-0.25, -0.2) is 4.98 Å². The van der Waals surface area contributed by atoms with Crippen LogP contribution in [0.4, 0.5) is 5.82 Å². The van der Waals surface area contributed by atoms with Crippen molar-refractivity contribution in [1.29, 1.82) is 0 Å².